The fraction of sp³-hybridized carbons (Fsp3) is 0.286. The minimum Gasteiger partial charge on any atom is -0.497 e. The Labute approximate surface area is 164 Å². The SMILES string of the molecule is CCCNC(=O)c1ccccc1NC(=O)CCNC(=O)c1cccc(OC)c1. The molecule has 0 saturated heterocycles. The molecule has 0 saturated carbocycles. The van der Waals surface area contributed by atoms with Crippen molar-refractivity contribution in [1.29, 1.82) is 0 Å². The number of ether oxygens (including phenoxy) is 1. The number of rotatable bonds is 9. The second kappa shape index (κ2) is 10.7. The molecule has 0 atom stereocenters. The molecule has 0 aromatic heterocycles. The number of hydrogen-bond donors (Lipinski definition) is 3. The van der Waals surface area contributed by atoms with Gasteiger partial charge in [-0.25, -0.2) is 0 Å². The van der Waals surface area contributed by atoms with Crippen LogP contribution in [-0.2, 0) is 4.79 Å². The van der Waals surface area contributed by atoms with Crippen LogP contribution in [0.2, 0.25) is 0 Å². The maximum absolute atomic E-state index is 12.2. The maximum atomic E-state index is 12.2. The quantitative estimate of drug-likeness (QED) is 0.620. The maximum Gasteiger partial charge on any atom is 0.253 e. The van der Waals surface area contributed by atoms with Crippen LogP contribution in [0.15, 0.2) is 48.5 Å². The van der Waals surface area contributed by atoms with Gasteiger partial charge in [0.15, 0.2) is 0 Å². The van der Waals surface area contributed by atoms with Gasteiger partial charge in [-0.3, -0.25) is 14.4 Å². The van der Waals surface area contributed by atoms with Gasteiger partial charge in [0.25, 0.3) is 11.8 Å². The molecule has 0 unspecified atom stereocenters. The number of hydrogen-bond acceptors (Lipinski definition) is 4. The Morgan fingerprint density at radius 1 is 0.929 bits per heavy atom. The van der Waals surface area contributed by atoms with E-state index in [1.807, 2.05) is 6.92 Å². The molecule has 0 heterocycles. The monoisotopic (exact) mass is 383 g/mol. The van der Waals surface area contributed by atoms with Gasteiger partial charge in [0.05, 0.1) is 18.4 Å². The summed E-state index contributed by atoms with van der Waals surface area (Å²) in [6, 6.07) is 13.6. The van der Waals surface area contributed by atoms with Crippen molar-refractivity contribution in [1.82, 2.24) is 10.6 Å². The average molecular weight is 383 g/mol. The van der Waals surface area contributed by atoms with Crippen LogP contribution < -0.4 is 20.7 Å². The Bertz CT molecular complexity index is 836. The standard InChI is InChI=1S/C21H25N3O4/c1-3-12-22-21(27)17-9-4-5-10-18(17)24-19(25)11-13-23-20(26)15-7-6-8-16(14-15)28-2/h4-10,14H,3,11-13H2,1-2H3,(H,22,27)(H,23,26)(H,24,25). The number of carbonyl (C=O) groups is 3. The lowest BCUT2D eigenvalue weighted by molar-refractivity contribution is -0.116. The van der Waals surface area contributed by atoms with Crippen LogP contribution in [0.5, 0.6) is 5.75 Å². The molecule has 0 spiro atoms. The number of nitrogens with one attached hydrogen (secondary N) is 3. The number of carbonyl (C=O) groups excluding carboxylic acids is 3. The first-order valence-corrected chi connectivity index (χ1v) is 9.14. The van der Waals surface area contributed by atoms with E-state index >= 15 is 0 Å². The zero-order valence-electron chi connectivity index (χ0n) is 16.1. The normalized spacial score (nSPS) is 10.1. The van der Waals surface area contributed by atoms with E-state index in [2.05, 4.69) is 16.0 Å². The second-order valence-electron chi connectivity index (χ2n) is 6.09. The van der Waals surface area contributed by atoms with E-state index < -0.39 is 0 Å². The predicted molar refractivity (Wildman–Crippen MR) is 108 cm³/mol. The molecule has 2 aromatic carbocycles. The molecule has 0 radical (unpaired) electrons. The van der Waals surface area contributed by atoms with Crippen LogP contribution >= 0.6 is 0 Å². The van der Waals surface area contributed by atoms with Crippen LogP contribution in [0.4, 0.5) is 5.69 Å². The predicted octanol–water partition coefficient (Wildman–Crippen LogP) is 2.59. The van der Waals surface area contributed by atoms with Gasteiger partial charge in [0, 0.05) is 25.1 Å². The molecule has 3 amide bonds. The van der Waals surface area contributed by atoms with Gasteiger partial charge in [-0.05, 0) is 36.8 Å². The van der Waals surface area contributed by atoms with Crippen LogP contribution in [0.1, 0.15) is 40.5 Å². The lowest BCUT2D eigenvalue weighted by Gasteiger charge is -2.11. The molecule has 0 aliphatic rings. The van der Waals surface area contributed by atoms with Gasteiger partial charge >= 0.3 is 0 Å². The summed E-state index contributed by atoms with van der Waals surface area (Å²) in [5.41, 5.74) is 1.31. The van der Waals surface area contributed by atoms with Gasteiger partial charge < -0.3 is 20.7 Å². The Morgan fingerprint density at radius 2 is 1.68 bits per heavy atom. The molecular formula is C21H25N3O4. The van der Waals surface area contributed by atoms with Crippen LogP contribution in [0.25, 0.3) is 0 Å². The third-order valence-corrected chi connectivity index (χ3v) is 3.95. The third-order valence-electron chi connectivity index (χ3n) is 3.95. The van der Waals surface area contributed by atoms with E-state index in [-0.39, 0.29) is 30.7 Å². The molecule has 3 N–H and O–H groups in total. The summed E-state index contributed by atoms with van der Waals surface area (Å²) >= 11 is 0. The van der Waals surface area contributed by atoms with Gasteiger partial charge in [-0.15, -0.1) is 0 Å². The largest absolute Gasteiger partial charge is 0.497 e. The van der Waals surface area contributed by atoms with E-state index in [0.29, 0.717) is 29.1 Å². The average Bonchev–Trinajstić information content (AvgIpc) is 2.72. The fourth-order valence-corrected chi connectivity index (χ4v) is 2.49. The highest BCUT2D eigenvalue weighted by Crippen LogP contribution is 2.15. The number of benzene rings is 2. The van der Waals surface area contributed by atoms with Crippen molar-refractivity contribution >= 4 is 23.4 Å². The molecular weight excluding hydrogens is 358 g/mol. The van der Waals surface area contributed by atoms with E-state index in [0.717, 1.165) is 6.42 Å². The summed E-state index contributed by atoms with van der Waals surface area (Å²) < 4.78 is 5.09. The Kier molecular flexibility index (Phi) is 8.02. The van der Waals surface area contributed by atoms with Crippen LogP contribution in [0.3, 0.4) is 0 Å². The zero-order valence-corrected chi connectivity index (χ0v) is 16.1. The summed E-state index contributed by atoms with van der Waals surface area (Å²) in [5, 5.41) is 8.22. The molecule has 0 aliphatic carbocycles. The van der Waals surface area contributed by atoms with E-state index in [4.69, 9.17) is 4.74 Å². The number of amides is 3. The number of anilines is 1. The molecule has 28 heavy (non-hydrogen) atoms. The van der Waals surface area contributed by atoms with Crippen molar-refractivity contribution in [3.8, 4) is 5.75 Å². The van der Waals surface area contributed by atoms with E-state index in [1.54, 1.807) is 48.5 Å². The van der Waals surface area contributed by atoms with Crippen molar-refractivity contribution in [3.05, 3.63) is 59.7 Å². The minimum absolute atomic E-state index is 0.0840. The highest BCUT2D eigenvalue weighted by atomic mass is 16.5. The Hall–Kier alpha value is -3.35. The van der Waals surface area contributed by atoms with Crippen LogP contribution in [0, 0.1) is 0 Å². The lowest BCUT2D eigenvalue weighted by Crippen LogP contribution is -2.28. The summed E-state index contributed by atoms with van der Waals surface area (Å²) in [7, 11) is 1.53. The smallest absolute Gasteiger partial charge is 0.253 e. The summed E-state index contributed by atoms with van der Waals surface area (Å²) in [6.45, 7) is 2.71. The molecule has 7 nitrogen and oxygen atoms in total. The molecule has 148 valence electrons. The molecule has 0 fully saturated rings. The molecule has 2 aromatic rings. The van der Waals surface area contributed by atoms with E-state index in [9.17, 15) is 14.4 Å². The number of para-hydroxylation sites is 1. The summed E-state index contributed by atoms with van der Waals surface area (Å²) in [6.07, 6.45) is 0.911. The van der Waals surface area contributed by atoms with Gasteiger partial charge in [0.1, 0.15) is 5.75 Å². The lowest BCUT2D eigenvalue weighted by atomic mass is 10.1. The fourth-order valence-electron chi connectivity index (χ4n) is 2.49. The molecule has 7 heteroatoms. The van der Waals surface area contributed by atoms with Crippen molar-refractivity contribution in [2.24, 2.45) is 0 Å². The molecule has 0 bridgehead atoms. The van der Waals surface area contributed by atoms with Gasteiger partial charge in [-0.2, -0.15) is 0 Å². The van der Waals surface area contributed by atoms with E-state index in [1.165, 1.54) is 7.11 Å². The topological polar surface area (TPSA) is 96.5 Å². The molecule has 2 rings (SSSR count). The number of methoxy groups -OCH3 is 1. The molecule has 0 aliphatic heterocycles. The first-order valence-electron chi connectivity index (χ1n) is 9.14. The second-order valence-corrected chi connectivity index (χ2v) is 6.09. The third kappa shape index (κ3) is 6.12. The van der Waals surface area contributed by atoms with Crippen molar-refractivity contribution < 1.29 is 19.1 Å². The van der Waals surface area contributed by atoms with Gasteiger partial charge in [-0.1, -0.05) is 25.1 Å². The first kappa shape index (κ1) is 21.0. The highest BCUT2D eigenvalue weighted by Gasteiger charge is 2.13. The van der Waals surface area contributed by atoms with Crippen molar-refractivity contribution in [2.75, 3.05) is 25.5 Å². The van der Waals surface area contributed by atoms with Crippen molar-refractivity contribution in [2.45, 2.75) is 19.8 Å². The summed E-state index contributed by atoms with van der Waals surface area (Å²) in [5.74, 6) is -0.222. The highest BCUT2D eigenvalue weighted by molar-refractivity contribution is 6.03. The Morgan fingerprint density at radius 3 is 2.43 bits per heavy atom. The van der Waals surface area contributed by atoms with Crippen molar-refractivity contribution in [3.63, 3.8) is 0 Å². The first-order chi connectivity index (χ1) is 13.5. The summed E-state index contributed by atoms with van der Waals surface area (Å²) in [4.78, 5) is 36.5. The Balaban J connectivity index is 1.87. The van der Waals surface area contributed by atoms with Crippen LogP contribution in [-0.4, -0.2) is 37.9 Å². The van der Waals surface area contributed by atoms with Gasteiger partial charge in [0.2, 0.25) is 5.91 Å². The minimum atomic E-state index is -0.290. The zero-order chi connectivity index (χ0) is 20.4.